The van der Waals surface area contributed by atoms with Gasteiger partial charge in [-0.3, -0.25) is 4.99 Å². The van der Waals surface area contributed by atoms with Crippen molar-refractivity contribution >= 4 is 5.96 Å². The number of nitrogens with one attached hydrogen (secondary N) is 2. The van der Waals surface area contributed by atoms with E-state index < -0.39 is 0 Å². The third kappa shape index (κ3) is 5.19. The molecule has 1 aliphatic rings. The van der Waals surface area contributed by atoms with Gasteiger partial charge in [-0.25, -0.2) is 0 Å². The van der Waals surface area contributed by atoms with Gasteiger partial charge in [0.15, 0.2) is 5.96 Å². The monoisotopic (exact) mass is 372 g/mol. The first-order chi connectivity index (χ1) is 13.3. The number of ether oxygens (including phenoxy) is 2. The lowest BCUT2D eigenvalue weighted by Crippen LogP contribution is -2.42. The van der Waals surface area contributed by atoms with E-state index >= 15 is 0 Å². The average molecular weight is 372 g/mol. The van der Waals surface area contributed by atoms with Gasteiger partial charge in [-0.15, -0.1) is 10.2 Å². The standard InChI is InChI=1S/C19H28N6O2/c1-3-18-24-22-14-25(18)11-9-20-19(21-10-13-26-2)23-16-8-12-27-17-7-5-4-6-15(16)17/h4-7,14,16H,3,8-13H2,1-2H3,(H2,20,21,23). The number of hydrogen-bond donors (Lipinski definition) is 2. The molecule has 0 amide bonds. The summed E-state index contributed by atoms with van der Waals surface area (Å²) in [5.41, 5.74) is 1.16. The number of fused-ring (bicyclic) bond motifs is 1. The van der Waals surface area contributed by atoms with Gasteiger partial charge in [0.25, 0.3) is 0 Å². The zero-order valence-electron chi connectivity index (χ0n) is 16.0. The topological polar surface area (TPSA) is 85.6 Å². The maximum Gasteiger partial charge on any atom is 0.191 e. The highest BCUT2D eigenvalue weighted by atomic mass is 16.5. The van der Waals surface area contributed by atoms with Crippen LogP contribution in [0.25, 0.3) is 0 Å². The third-order valence-corrected chi connectivity index (χ3v) is 4.49. The Kier molecular flexibility index (Phi) is 7.04. The van der Waals surface area contributed by atoms with E-state index in [1.165, 1.54) is 0 Å². The van der Waals surface area contributed by atoms with Gasteiger partial charge in [0.1, 0.15) is 17.9 Å². The van der Waals surface area contributed by atoms with Gasteiger partial charge in [-0.2, -0.15) is 0 Å². The number of methoxy groups -OCH3 is 1. The molecule has 0 radical (unpaired) electrons. The van der Waals surface area contributed by atoms with Crippen LogP contribution in [-0.4, -0.2) is 54.1 Å². The average Bonchev–Trinajstić information content (AvgIpc) is 3.16. The molecule has 0 spiro atoms. The summed E-state index contributed by atoms with van der Waals surface area (Å²) in [5, 5.41) is 15.1. The summed E-state index contributed by atoms with van der Waals surface area (Å²) >= 11 is 0. The summed E-state index contributed by atoms with van der Waals surface area (Å²) in [6.45, 7) is 5.47. The summed E-state index contributed by atoms with van der Waals surface area (Å²) < 4.78 is 12.9. The van der Waals surface area contributed by atoms with Crippen LogP contribution < -0.4 is 15.4 Å². The number of aromatic nitrogens is 3. The lowest BCUT2D eigenvalue weighted by molar-refractivity contribution is 0.207. The van der Waals surface area contributed by atoms with Crippen LogP contribution >= 0.6 is 0 Å². The SMILES string of the molecule is CCc1nncn1CCNC(=NCCOC)NC1CCOc2ccccc21. The van der Waals surface area contributed by atoms with Crippen LogP contribution in [0.2, 0.25) is 0 Å². The first-order valence-electron chi connectivity index (χ1n) is 9.44. The highest BCUT2D eigenvalue weighted by molar-refractivity contribution is 5.80. The minimum atomic E-state index is 0.171. The van der Waals surface area contributed by atoms with Crippen LogP contribution in [-0.2, 0) is 17.7 Å². The van der Waals surface area contributed by atoms with Crippen molar-refractivity contribution in [3.05, 3.63) is 42.0 Å². The van der Waals surface area contributed by atoms with Crippen LogP contribution in [0.3, 0.4) is 0 Å². The van der Waals surface area contributed by atoms with Gasteiger partial charge in [-0.05, 0) is 6.07 Å². The molecule has 1 aromatic heterocycles. The van der Waals surface area contributed by atoms with Crippen LogP contribution in [0.5, 0.6) is 5.75 Å². The predicted molar refractivity (Wildman–Crippen MR) is 104 cm³/mol. The van der Waals surface area contributed by atoms with Crippen molar-refractivity contribution in [2.75, 3.05) is 33.4 Å². The summed E-state index contributed by atoms with van der Waals surface area (Å²) in [6, 6.07) is 8.32. The number of guanidine groups is 1. The second kappa shape index (κ2) is 9.91. The highest BCUT2D eigenvalue weighted by Crippen LogP contribution is 2.31. The molecule has 1 unspecified atom stereocenters. The number of hydrogen-bond acceptors (Lipinski definition) is 5. The number of rotatable bonds is 8. The van der Waals surface area contributed by atoms with E-state index in [1.807, 2.05) is 18.2 Å². The van der Waals surface area contributed by atoms with Crippen molar-refractivity contribution in [3.8, 4) is 5.75 Å². The second-order valence-electron chi connectivity index (χ2n) is 6.32. The van der Waals surface area contributed by atoms with E-state index in [4.69, 9.17) is 9.47 Å². The quantitative estimate of drug-likeness (QED) is 0.415. The Balaban J connectivity index is 1.62. The fourth-order valence-electron chi connectivity index (χ4n) is 3.09. The van der Waals surface area contributed by atoms with E-state index in [9.17, 15) is 0 Å². The molecule has 8 nitrogen and oxygen atoms in total. The summed E-state index contributed by atoms with van der Waals surface area (Å²) in [6.07, 6.45) is 3.53. The molecule has 0 aliphatic carbocycles. The number of aryl methyl sites for hydroxylation is 1. The van der Waals surface area contributed by atoms with E-state index in [2.05, 4.69) is 43.4 Å². The molecule has 1 aromatic carbocycles. The molecule has 1 atom stereocenters. The van der Waals surface area contributed by atoms with Crippen molar-refractivity contribution in [1.82, 2.24) is 25.4 Å². The molecule has 2 heterocycles. The van der Waals surface area contributed by atoms with Crippen molar-refractivity contribution in [1.29, 1.82) is 0 Å². The molecule has 2 N–H and O–H groups in total. The van der Waals surface area contributed by atoms with Gasteiger partial charge >= 0.3 is 0 Å². The molecular formula is C19H28N6O2. The van der Waals surface area contributed by atoms with E-state index in [-0.39, 0.29) is 6.04 Å². The fourth-order valence-corrected chi connectivity index (χ4v) is 3.09. The maximum atomic E-state index is 5.75. The zero-order chi connectivity index (χ0) is 18.9. The molecule has 0 saturated carbocycles. The number of aliphatic imine (C=N–C) groups is 1. The third-order valence-electron chi connectivity index (χ3n) is 4.49. The normalized spacial score (nSPS) is 16.5. The lowest BCUT2D eigenvalue weighted by atomic mass is 10.0. The molecule has 0 fully saturated rings. The van der Waals surface area contributed by atoms with Gasteiger partial charge in [-0.1, -0.05) is 25.1 Å². The van der Waals surface area contributed by atoms with E-state index in [0.29, 0.717) is 19.8 Å². The maximum absolute atomic E-state index is 5.75. The van der Waals surface area contributed by atoms with Crippen molar-refractivity contribution in [3.63, 3.8) is 0 Å². The Morgan fingerprint density at radius 3 is 3.15 bits per heavy atom. The van der Waals surface area contributed by atoms with Crippen LogP contribution in [0, 0.1) is 0 Å². The van der Waals surface area contributed by atoms with Crippen LogP contribution in [0.15, 0.2) is 35.6 Å². The minimum Gasteiger partial charge on any atom is -0.493 e. The van der Waals surface area contributed by atoms with E-state index in [0.717, 1.165) is 49.0 Å². The summed E-state index contributed by atoms with van der Waals surface area (Å²) in [7, 11) is 1.68. The van der Waals surface area contributed by atoms with Gasteiger partial charge in [0.2, 0.25) is 0 Å². The summed E-state index contributed by atoms with van der Waals surface area (Å²) in [4.78, 5) is 4.63. The Hall–Kier alpha value is -2.61. The Morgan fingerprint density at radius 1 is 1.41 bits per heavy atom. The fraction of sp³-hybridized carbons (Fsp3) is 0.526. The van der Waals surface area contributed by atoms with Crippen molar-refractivity contribution < 1.29 is 9.47 Å². The van der Waals surface area contributed by atoms with Crippen molar-refractivity contribution in [2.24, 2.45) is 4.99 Å². The molecule has 1 aliphatic heterocycles. The molecular weight excluding hydrogens is 344 g/mol. The Labute approximate surface area is 160 Å². The number of para-hydroxylation sites is 1. The molecule has 3 rings (SSSR count). The first-order valence-corrected chi connectivity index (χ1v) is 9.44. The number of benzene rings is 1. The van der Waals surface area contributed by atoms with Gasteiger partial charge in [0, 0.05) is 38.6 Å². The van der Waals surface area contributed by atoms with Crippen molar-refractivity contribution in [2.45, 2.75) is 32.4 Å². The largest absolute Gasteiger partial charge is 0.493 e. The summed E-state index contributed by atoms with van der Waals surface area (Å²) in [5.74, 6) is 2.70. The predicted octanol–water partition coefficient (Wildman–Crippen LogP) is 1.55. The van der Waals surface area contributed by atoms with Gasteiger partial charge < -0.3 is 24.7 Å². The molecule has 0 bridgehead atoms. The number of nitrogens with zero attached hydrogens (tertiary/aromatic N) is 4. The molecule has 2 aromatic rings. The molecule has 0 saturated heterocycles. The van der Waals surface area contributed by atoms with Gasteiger partial charge in [0.05, 0.1) is 25.8 Å². The smallest absolute Gasteiger partial charge is 0.191 e. The Bertz CT molecular complexity index is 745. The van der Waals surface area contributed by atoms with E-state index in [1.54, 1.807) is 13.4 Å². The van der Waals surface area contributed by atoms with Crippen LogP contribution in [0.1, 0.15) is 30.8 Å². The Morgan fingerprint density at radius 2 is 2.30 bits per heavy atom. The first kappa shape index (κ1) is 19.2. The lowest BCUT2D eigenvalue weighted by Gasteiger charge is -2.28. The molecule has 8 heteroatoms. The second-order valence-corrected chi connectivity index (χ2v) is 6.32. The zero-order valence-corrected chi connectivity index (χ0v) is 16.0. The minimum absolute atomic E-state index is 0.171. The molecule has 146 valence electrons. The highest BCUT2D eigenvalue weighted by Gasteiger charge is 2.21. The molecule has 27 heavy (non-hydrogen) atoms. The van der Waals surface area contributed by atoms with Crippen LogP contribution in [0.4, 0.5) is 0 Å².